The van der Waals surface area contributed by atoms with Gasteiger partial charge in [-0.2, -0.15) is 39.1 Å². The molecule has 3 fully saturated rings. The summed E-state index contributed by atoms with van der Waals surface area (Å²) in [7, 11) is -5.82. The SMILES string of the molecule is O=C(N[C@H]1CCCCC/C=C\[C@@H]2C[C@@]2(C(=O)NS(=O)(=O)N(CC(F)(F)F)CC(F)(F)F)NC(=O)[C@@H]2C[C@@H](OC(=O)N3Cc4cccc(F)c4C3)CN2C1=O)OC1CCCC1. The molecule has 1 aromatic carbocycles. The van der Waals surface area contributed by atoms with Gasteiger partial charge in [0.1, 0.15) is 48.7 Å². The van der Waals surface area contributed by atoms with Crippen LogP contribution in [0.4, 0.5) is 40.3 Å². The van der Waals surface area contributed by atoms with Crippen molar-refractivity contribution in [1.82, 2.24) is 29.5 Å². The lowest BCUT2D eigenvalue weighted by Gasteiger charge is -2.30. The normalized spacial score (nSPS) is 27.2. The molecule has 0 aromatic heterocycles. The van der Waals surface area contributed by atoms with Crippen LogP contribution in [0, 0.1) is 11.7 Å². The highest BCUT2D eigenvalue weighted by Crippen LogP contribution is 2.46. The van der Waals surface area contributed by atoms with E-state index >= 15 is 0 Å². The first-order chi connectivity index (χ1) is 28.1. The lowest BCUT2D eigenvalue weighted by atomic mass is 10.0. The quantitative estimate of drug-likeness (QED) is 0.251. The number of rotatable bonds is 8. The number of halogens is 7. The molecule has 0 bridgehead atoms. The van der Waals surface area contributed by atoms with Crippen LogP contribution in [-0.4, -0.2) is 114 Å². The summed E-state index contributed by atoms with van der Waals surface area (Å²) in [5.41, 5.74) is -1.39. The standard InChI is InChI=1S/C37H45F7N6O9S/c38-27-13-8-9-22-17-48(19-26(22)27)34(55)59-25-15-29-30(51)46-35(32(53)47-60(56,57)49(20-36(39,40)41)21-37(42,43)44)16-23(35)10-4-2-1-3-5-14-28(31(52)50(29)18-25)45-33(54)58-24-11-6-7-12-24/h4,8-10,13,23-25,28-29H,1-3,5-7,11-12,14-21H2,(H,45,54)(H,46,51)(H,47,53)/b10-4-/t23-,25-,28+,29+,35-/m1/s1. The van der Waals surface area contributed by atoms with Crippen molar-refractivity contribution in [3.63, 3.8) is 0 Å². The summed E-state index contributed by atoms with van der Waals surface area (Å²) in [4.78, 5) is 71.0. The third-order valence-electron chi connectivity index (χ3n) is 11.2. The van der Waals surface area contributed by atoms with Crippen molar-refractivity contribution in [2.45, 2.75) is 126 Å². The topological polar surface area (TPSA) is 184 Å². The Morgan fingerprint density at radius 3 is 2.27 bits per heavy atom. The highest BCUT2D eigenvalue weighted by molar-refractivity contribution is 7.87. The van der Waals surface area contributed by atoms with E-state index in [9.17, 15) is 63.1 Å². The second kappa shape index (κ2) is 17.7. The van der Waals surface area contributed by atoms with Crippen LogP contribution in [-0.2, 0) is 47.2 Å². The van der Waals surface area contributed by atoms with Crippen molar-refractivity contribution in [1.29, 1.82) is 0 Å². The fourth-order valence-electron chi connectivity index (χ4n) is 8.12. The molecular formula is C37H45F7N6O9S. The molecule has 5 amide bonds. The Bertz CT molecular complexity index is 1950. The fourth-order valence-corrected chi connectivity index (χ4v) is 9.30. The Balaban J connectivity index is 1.26. The zero-order chi connectivity index (χ0) is 43.6. The molecule has 5 atom stereocenters. The zero-order valence-electron chi connectivity index (χ0n) is 32.2. The minimum atomic E-state index is -5.82. The summed E-state index contributed by atoms with van der Waals surface area (Å²) >= 11 is 0. The van der Waals surface area contributed by atoms with Gasteiger partial charge in [0, 0.05) is 24.4 Å². The second-order valence-electron chi connectivity index (χ2n) is 15.8. The van der Waals surface area contributed by atoms with Crippen LogP contribution in [0.2, 0.25) is 0 Å². The molecule has 23 heteroatoms. The molecule has 1 saturated heterocycles. The van der Waals surface area contributed by atoms with Crippen LogP contribution in [0.1, 0.15) is 81.8 Å². The molecular weight excluding hydrogens is 837 g/mol. The summed E-state index contributed by atoms with van der Waals surface area (Å²) in [6, 6.07) is 1.55. The smallest absolute Gasteiger partial charge is 0.410 e. The molecule has 15 nitrogen and oxygen atoms in total. The molecule has 0 radical (unpaired) electrons. The molecule has 2 saturated carbocycles. The number of hydrogen-bond donors (Lipinski definition) is 3. The zero-order valence-corrected chi connectivity index (χ0v) is 33.0. The van der Waals surface area contributed by atoms with Gasteiger partial charge in [0.05, 0.1) is 13.1 Å². The van der Waals surface area contributed by atoms with Crippen molar-refractivity contribution in [3.8, 4) is 0 Å². The summed E-state index contributed by atoms with van der Waals surface area (Å²) in [6.07, 6.45) is -6.83. The lowest BCUT2D eigenvalue weighted by Crippen LogP contribution is -2.59. The molecule has 3 heterocycles. The Morgan fingerprint density at radius 1 is 0.917 bits per heavy atom. The first-order valence-electron chi connectivity index (χ1n) is 19.6. The number of allylic oxidation sites excluding steroid dienone is 1. The molecule has 0 unspecified atom stereocenters. The van der Waals surface area contributed by atoms with Crippen LogP contribution in [0.5, 0.6) is 0 Å². The van der Waals surface area contributed by atoms with Gasteiger partial charge in [0.2, 0.25) is 11.8 Å². The summed E-state index contributed by atoms with van der Waals surface area (Å²) in [6.45, 7) is -5.71. The Morgan fingerprint density at radius 2 is 1.60 bits per heavy atom. The van der Waals surface area contributed by atoms with Crippen LogP contribution < -0.4 is 15.4 Å². The fraction of sp³-hybridized carbons (Fsp3) is 0.649. The highest BCUT2D eigenvalue weighted by Gasteiger charge is 2.62. The van der Waals surface area contributed by atoms with Crippen molar-refractivity contribution in [3.05, 3.63) is 47.3 Å². The van der Waals surface area contributed by atoms with Crippen molar-refractivity contribution >= 4 is 40.1 Å². The van der Waals surface area contributed by atoms with Gasteiger partial charge in [-0.1, -0.05) is 37.1 Å². The first-order valence-corrected chi connectivity index (χ1v) is 21.0. The molecule has 0 spiro atoms. The maximum Gasteiger partial charge on any atom is 0.410 e. The van der Waals surface area contributed by atoms with E-state index in [-0.39, 0.29) is 44.0 Å². The van der Waals surface area contributed by atoms with E-state index in [1.54, 1.807) is 12.1 Å². The lowest BCUT2D eigenvalue weighted by molar-refractivity contribution is -0.165. The van der Waals surface area contributed by atoms with Gasteiger partial charge in [-0.15, -0.1) is 0 Å². The average molecular weight is 883 g/mol. The van der Waals surface area contributed by atoms with Gasteiger partial charge >= 0.3 is 34.7 Å². The molecule has 2 aliphatic carbocycles. The first kappa shape index (κ1) is 44.9. The van der Waals surface area contributed by atoms with Crippen LogP contribution in [0.25, 0.3) is 0 Å². The highest BCUT2D eigenvalue weighted by atomic mass is 32.2. The molecule has 3 N–H and O–H groups in total. The largest absolute Gasteiger partial charge is 0.446 e. The summed E-state index contributed by atoms with van der Waals surface area (Å²) in [5, 5.41) is 5.01. The Hall–Kier alpha value is -4.67. The number of ether oxygens (including phenoxy) is 2. The van der Waals surface area contributed by atoms with E-state index in [1.165, 1.54) is 27.8 Å². The number of fused-ring (bicyclic) bond motifs is 3. The number of benzene rings is 1. The van der Waals surface area contributed by atoms with Gasteiger partial charge in [0.15, 0.2) is 0 Å². The van der Waals surface area contributed by atoms with Gasteiger partial charge in [-0.25, -0.2) is 18.7 Å². The van der Waals surface area contributed by atoms with E-state index < -0.39 is 112 Å². The predicted molar refractivity (Wildman–Crippen MR) is 194 cm³/mol. The van der Waals surface area contributed by atoms with Gasteiger partial charge in [0.25, 0.3) is 5.91 Å². The summed E-state index contributed by atoms with van der Waals surface area (Å²) < 4.78 is 131. The molecule has 332 valence electrons. The van der Waals surface area contributed by atoms with Crippen molar-refractivity contribution < 1.29 is 72.6 Å². The molecule has 60 heavy (non-hydrogen) atoms. The Kier molecular flexibility index (Phi) is 13.3. The number of hydrogen-bond acceptors (Lipinski definition) is 9. The second-order valence-corrected chi connectivity index (χ2v) is 17.4. The summed E-state index contributed by atoms with van der Waals surface area (Å²) in [5.74, 6) is -5.02. The number of nitrogens with zero attached hydrogens (tertiary/aromatic N) is 3. The maximum absolute atomic E-state index is 14.5. The average Bonchev–Trinajstić information content (AvgIpc) is 3.56. The minimum Gasteiger partial charge on any atom is -0.446 e. The van der Waals surface area contributed by atoms with Crippen LogP contribution in [0.15, 0.2) is 30.4 Å². The third kappa shape index (κ3) is 11.0. The number of nitrogens with one attached hydrogen (secondary N) is 3. The molecule has 1 aromatic rings. The number of carbonyl (C=O) groups excluding carboxylic acids is 5. The van der Waals surface area contributed by atoms with E-state index in [2.05, 4.69) is 10.6 Å². The minimum absolute atomic E-state index is 0.000872. The van der Waals surface area contributed by atoms with E-state index in [0.717, 1.165) is 17.7 Å². The maximum atomic E-state index is 14.5. The third-order valence-corrected chi connectivity index (χ3v) is 12.6. The molecule has 6 rings (SSSR count). The van der Waals surface area contributed by atoms with Gasteiger partial charge in [-0.05, 0) is 63.0 Å². The number of alkyl carbamates (subject to hydrolysis) is 1. The molecule has 5 aliphatic rings. The number of carbonyl (C=O) groups is 5. The van der Waals surface area contributed by atoms with E-state index in [4.69, 9.17) is 9.47 Å². The van der Waals surface area contributed by atoms with Crippen LogP contribution in [0.3, 0.4) is 0 Å². The Labute approximate surface area is 340 Å². The van der Waals surface area contributed by atoms with Gasteiger partial charge in [-0.3, -0.25) is 19.3 Å². The van der Waals surface area contributed by atoms with Crippen LogP contribution >= 0.6 is 0 Å². The number of alkyl halides is 6. The van der Waals surface area contributed by atoms with Gasteiger partial charge < -0.3 is 25.0 Å². The number of amides is 5. The van der Waals surface area contributed by atoms with Crippen molar-refractivity contribution in [2.24, 2.45) is 5.92 Å². The van der Waals surface area contributed by atoms with E-state index in [0.29, 0.717) is 44.1 Å². The monoisotopic (exact) mass is 882 g/mol. The molecule has 3 aliphatic heterocycles. The van der Waals surface area contributed by atoms with Crippen molar-refractivity contribution in [2.75, 3.05) is 19.6 Å². The van der Waals surface area contributed by atoms with E-state index in [1.807, 2.05) is 0 Å². The predicted octanol–water partition coefficient (Wildman–Crippen LogP) is 4.47.